The van der Waals surface area contributed by atoms with Gasteiger partial charge >= 0.3 is 17.8 Å². The van der Waals surface area contributed by atoms with Crippen LogP contribution >= 0.6 is 11.6 Å². The fourth-order valence-corrected chi connectivity index (χ4v) is 2.30. The van der Waals surface area contributed by atoms with Crippen molar-refractivity contribution in [3.8, 4) is 11.4 Å². The summed E-state index contributed by atoms with van der Waals surface area (Å²) in [6, 6.07) is 1.65. The molecule has 1 heterocycles. The van der Waals surface area contributed by atoms with Crippen LogP contribution in [0.25, 0.3) is 5.69 Å². The maximum atomic E-state index is 14.3. The van der Waals surface area contributed by atoms with Crippen molar-refractivity contribution in [2.24, 2.45) is 13.0 Å². The minimum atomic E-state index is -4.96. The van der Waals surface area contributed by atoms with E-state index < -0.39 is 46.5 Å². The first kappa shape index (κ1) is 20.7. The number of alkyl halides is 3. The van der Waals surface area contributed by atoms with Crippen LogP contribution in [0.5, 0.6) is 5.75 Å². The first-order valence-corrected chi connectivity index (χ1v) is 7.83. The average molecular weight is 409 g/mol. The number of aromatic nitrogens is 2. The summed E-state index contributed by atoms with van der Waals surface area (Å²) in [5, 5.41) is -0.318. The Kier molecular flexibility index (Phi) is 5.50. The van der Waals surface area contributed by atoms with Gasteiger partial charge in [-0.3, -0.25) is 14.2 Å². The number of nitrogens with zero attached hydrogens (tertiary/aromatic N) is 2. The lowest BCUT2D eigenvalue weighted by molar-refractivity contribution is -0.144. The molecule has 0 radical (unpaired) electrons. The zero-order valence-corrected chi connectivity index (χ0v) is 15.0. The van der Waals surface area contributed by atoms with Gasteiger partial charge in [-0.2, -0.15) is 13.2 Å². The lowest BCUT2D eigenvalue weighted by atomic mass is 10.2. The summed E-state index contributed by atoms with van der Waals surface area (Å²) in [7, 11) is 0.786. The Bertz CT molecular complexity index is 1020. The second-order valence-electron chi connectivity index (χ2n) is 5.85. The SMILES string of the molecule is CC(C)C(=O)Oc1cc(-n2c(=O)cc(C(F)(F)F)n(C)c2=O)c(F)cc1Cl. The van der Waals surface area contributed by atoms with Gasteiger partial charge in [0, 0.05) is 19.2 Å². The molecule has 11 heteroatoms. The molecule has 6 nitrogen and oxygen atoms in total. The molecule has 1 aromatic carbocycles. The second-order valence-corrected chi connectivity index (χ2v) is 6.26. The number of rotatable bonds is 3. The van der Waals surface area contributed by atoms with E-state index in [0.717, 1.165) is 13.1 Å². The summed E-state index contributed by atoms with van der Waals surface area (Å²) in [6.45, 7) is 3.05. The number of hydrogen-bond donors (Lipinski definition) is 0. The fraction of sp³-hybridized carbons (Fsp3) is 0.312. The Hall–Kier alpha value is -2.62. The van der Waals surface area contributed by atoms with Gasteiger partial charge in [0.05, 0.1) is 16.6 Å². The zero-order valence-electron chi connectivity index (χ0n) is 14.2. The smallest absolute Gasteiger partial charge is 0.425 e. The minimum absolute atomic E-state index is 0.162. The highest BCUT2D eigenvalue weighted by Crippen LogP contribution is 2.30. The van der Waals surface area contributed by atoms with E-state index in [4.69, 9.17) is 16.3 Å². The van der Waals surface area contributed by atoms with Crippen LogP contribution in [0.2, 0.25) is 5.02 Å². The molecule has 0 aliphatic heterocycles. The molecule has 0 bridgehead atoms. The molecule has 0 saturated carbocycles. The third-order valence-electron chi connectivity index (χ3n) is 3.53. The summed E-state index contributed by atoms with van der Waals surface area (Å²) < 4.78 is 58.3. The molecule has 0 aliphatic rings. The monoisotopic (exact) mass is 408 g/mol. The maximum absolute atomic E-state index is 14.3. The quantitative estimate of drug-likeness (QED) is 0.445. The molecule has 0 atom stereocenters. The van der Waals surface area contributed by atoms with Crippen molar-refractivity contribution < 1.29 is 27.1 Å². The topological polar surface area (TPSA) is 70.3 Å². The molecule has 0 saturated heterocycles. The number of benzene rings is 1. The minimum Gasteiger partial charge on any atom is -0.425 e. The number of carbonyl (C=O) groups excluding carboxylic acids is 1. The number of esters is 1. The Labute approximate surface area is 154 Å². The molecule has 1 aromatic heterocycles. The molecule has 0 aliphatic carbocycles. The second kappa shape index (κ2) is 7.18. The molecule has 2 aromatic rings. The van der Waals surface area contributed by atoms with Gasteiger partial charge in [0.25, 0.3) is 5.56 Å². The molecular formula is C16H13ClF4N2O4. The van der Waals surface area contributed by atoms with Gasteiger partial charge in [-0.05, 0) is 6.07 Å². The normalized spacial score (nSPS) is 11.7. The first-order valence-electron chi connectivity index (χ1n) is 7.46. The predicted molar refractivity (Wildman–Crippen MR) is 87.7 cm³/mol. The van der Waals surface area contributed by atoms with Crippen molar-refractivity contribution in [1.29, 1.82) is 0 Å². The highest BCUT2D eigenvalue weighted by atomic mass is 35.5. The highest BCUT2D eigenvalue weighted by molar-refractivity contribution is 6.32. The Morgan fingerprint density at radius 3 is 2.30 bits per heavy atom. The molecule has 0 fully saturated rings. The molecule has 2 rings (SSSR count). The summed E-state index contributed by atoms with van der Waals surface area (Å²) in [5.41, 5.74) is -5.04. The number of ether oxygens (including phenoxy) is 1. The molecule has 0 amide bonds. The molecular weight excluding hydrogens is 396 g/mol. The van der Waals surface area contributed by atoms with Crippen LogP contribution in [-0.4, -0.2) is 15.1 Å². The van der Waals surface area contributed by atoms with E-state index >= 15 is 0 Å². The van der Waals surface area contributed by atoms with Crippen LogP contribution in [0.3, 0.4) is 0 Å². The van der Waals surface area contributed by atoms with E-state index in [-0.39, 0.29) is 26.0 Å². The van der Waals surface area contributed by atoms with Gasteiger partial charge in [-0.15, -0.1) is 0 Å². The lowest BCUT2D eigenvalue weighted by Gasteiger charge is -2.15. The van der Waals surface area contributed by atoms with Gasteiger partial charge in [-0.1, -0.05) is 25.4 Å². The Balaban J connectivity index is 2.73. The summed E-state index contributed by atoms with van der Waals surface area (Å²) >= 11 is 5.80. The Morgan fingerprint density at radius 1 is 1.19 bits per heavy atom. The fourth-order valence-electron chi connectivity index (χ4n) is 2.11. The highest BCUT2D eigenvalue weighted by Gasteiger charge is 2.35. The number of halogens is 5. The third kappa shape index (κ3) is 4.05. The van der Waals surface area contributed by atoms with Crippen LogP contribution in [0, 0.1) is 11.7 Å². The molecule has 0 unspecified atom stereocenters. The van der Waals surface area contributed by atoms with Crippen molar-refractivity contribution >= 4 is 17.6 Å². The predicted octanol–water partition coefficient (Wildman–Crippen LogP) is 2.91. The van der Waals surface area contributed by atoms with Crippen LogP contribution in [-0.2, 0) is 18.0 Å². The number of hydrogen-bond acceptors (Lipinski definition) is 4. The standard InChI is InChI=1S/C16H13ClF4N2O4/c1-7(2)14(25)27-11-5-10(9(18)4-8(11)17)23-13(24)6-12(16(19,20)21)22(3)15(23)26/h4-7H,1-3H3. The van der Waals surface area contributed by atoms with Gasteiger partial charge in [-0.25, -0.2) is 13.8 Å². The zero-order chi connectivity index (χ0) is 20.7. The summed E-state index contributed by atoms with van der Waals surface area (Å²) in [6.07, 6.45) is -4.96. The molecule has 0 N–H and O–H groups in total. The largest absolute Gasteiger partial charge is 0.431 e. The maximum Gasteiger partial charge on any atom is 0.431 e. The van der Waals surface area contributed by atoms with E-state index in [1.165, 1.54) is 13.8 Å². The van der Waals surface area contributed by atoms with E-state index in [1.54, 1.807) is 0 Å². The number of carbonyl (C=O) groups is 1. The van der Waals surface area contributed by atoms with Crippen molar-refractivity contribution in [2.45, 2.75) is 20.0 Å². The average Bonchev–Trinajstić information content (AvgIpc) is 2.53. The van der Waals surface area contributed by atoms with Crippen LogP contribution in [0.15, 0.2) is 27.8 Å². The first-order chi connectivity index (χ1) is 12.3. The summed E-state index contributed by atoms with van der Waals surface area (Å²) in [4.78, 5) is 36.0. The van der Waals surface area contributed by atoms with Crippen molar-refractivity contribution in [2.75, 3.05) is 0 Å². The van der Waals surface area contributed by atoms with E-state index in [9.17, 15) is 31.9 Å². The van der Waals surface area contributed by atoms with Gasteiger partial charge in [0.15, 0.2) is 5.75 Å². The van der Waals surface area contributed by atoms with Crippen LogP contribution in [0.4, 0.5) is 17.6 Å². The van der Waals surface area contributed by atoms with Gasteiger partial charge in [0.1, 0.15) is 11.5 Å². The van der Waals surface area contributed by atoms with Crippen molar-refractivity contribution in [3.05, 3.63) is 55.6 Å². The Morgan fingerprint density at radius 2 is 1.78 bits per heavy atom. The summed E-state index contributed by atoms with van der Waals surface area (Å²) in [5.74, 6) is -2.79. The van der Waals surface area contributed by atoms with Crippen molar-refractivity contribution in [3.63, 3.8) is 0 Å². The third-order valence-corrected chi connectivity index (χ3v) is 3.83. The molecule has 0 spiro atoms. The van der Waals surface area contributed by atoms with Crippen molar-refractivity contribution in [1.82, 2.24) is 9.13 Å². The van der Waals surface area contributed by atoms with E-state index in [0.29, 0.717) is 6.07 Å². The van der Waals surface area contributed by atoms with Gasteiger partial charge in [0.2, 0.25) is 0 Å². The van der Waals surface area contributed by atoms with Gasteiger partial charge < -0.3 is 4.74 Å². The molecule has 27 heavy (non-hydrogen) atoms. The molecule has 146 valence electrons. The van der Waals surface area contributed by atoms with E-state index in [2.05, 4.69) is 0 Å². The van der Waals surface area contributed by atoms with Crippen LogP contribution < -0.4 is 16.0 Å². The van der Waals surface area contributed by atoms with E-state index in [1.807, 2.05) is 0 Å². The van der Waals surface area contributed by atoms with Crippen LogP contribution in [0.1, 0.15) is 19.5 Å². The lowest BCUT2D eigenvalue weighted by Crippen LogP contribution is -2.41.